The SMILES string of the molecule is Nc1ccccc1-c1nc(-c2cccc(O)c2)no1. The van der Waals surface area contributed by atoms with Gasteiger partial charge in [0.25, 0.3) is 5.89 Å². The van der Waals surface area contributed by atoms with E-state index >= 15 is 0 Å². The molecule has 5 heteroatoms. The Hall–Kier alpha value is -2.82. The first-order valence-corrected chi connectivity index (χ1v) is 5.72. The molecule has 0 aliphatic heterocycles. The second-order valence-corrected chi connectivity index (χ2v) is 4.06. The van der Waals surface area contributed by atoms with Gasteiger partial charge in [-0.3, -0.25) is 0 Å². The summed E-state index contributed by atoms with van der Waals surface area (Å²) in [5.74, 6) is 0.925. The fourth-order valence-corrected chi connectivity index (χ4v) is 1.79. The lowest BCUT2D eigenvalue weighted by Gasteiger charge is -1.98. The number of aromatic nitrogens is 2. The molecule has 5 nitrogen and oxygen atoms in total. The molecule has 94 valence electrons. The summed E-state index contributed by atoms with van der Waals surface area (Å²) in [5.41, 5.74) is 7.81. The van der Waals surface area contributed by atoms with E-state index in [9.17, 15) is 5.11 Å². The van der Waals surface area contributed by atoms with Gasteiger partial charge in [-0.25, -0.2) is 0 Å². The quantitative estimate of drug-likeness (QED) is 0.686. The Morgan fingerprint density at radius 3 is 2.68 bits per heavy atom. The zero-order valence-corrected chi connectivity index (χ0v) is 9.95. The van der Waals surface area contributed by atoms with Crippen molar-refractivity contribution >= 4 is 5.69 Å². The number of hydrogen-bond donors (Lipinski definition) is 2. The van der Waals surface area contributed by atoms with E-state index < -0.39 is 0 Å². The molecular weight excluding hydrogens is 242 g/mol. The molecule has 3 aromatic rings. The van der Waals surface area contributed by atoms with Gasteiger partial charge in [0.1, 0.15) is 5.75 Å². The highest BCUT2D eigenvalue weighted by molar-refractivity contribution is 5.71. The maximum absolute atomic E-state index is 9.44. The van der Waals surface area contributed by atoms with Gasteiger partial charge in [0.15, 0.2) is 0 Å². The summed E-state index contributed by atoms with van der Waals surface area (Å²) < 4.78 is 5.20. The van der Waals surface area contributed by atoms with Crippen LogP contribution >= 0.6 is 0 Å². The Balaban J connectivity index is 2.03. The van der Waals surface area contributed by atoms with Crippen LogP contribution in [-0.2, 0) is 0 Å². The predicted octanol–water partition coefficient (Wildman–Crippen LogP) is 2.69. The maximum Gasteiger partial charge on any atom is 0.260 e. The number of nitrogens with two attached hydrogens (primary N) is 1. The third-order valence-electron chi connectivity index (χ3n) is 2.72. The highest BCUT2D eigenvalue weighted by Gasteiger charge is 2.12. The number of aromatic hydroxyl groups is 1. The number of anilines is 1. The van der Waals surface area contributed by atoms with Crippen molar-refractivity contribution < 1.29 is 9.63 Å². The Bertz CT molecular complexity index is 722. The molecule has 2 aromatic carbocycles. The molecule has 0 saturated heterocycles. The average molecular weight is 253 g/mol. The Labute approximate surface area is 109 Å². The molecule has 0 saturated carbocycles. The zero-order valence-electron chi connectivity index (χ0n) is 9.95. The average Bonchev–Trinajstić information content (AvgIpc) is 2.89. The first-order chi connectivity index (χ1) is 9.24. The second kappa shape index (κ2) is 4.45. The van der Waals surface area contributed by atoms with Crippen molar-refractivity contribution in [3.05, 3.63) is 48.5 Å². The highest BCUT2D eigenvalue weighted by atomic mass is 16.5. The lowest BCUT2D eigenvalue weighted by Crippen LogP contribution is -1.89. The minimum Gasteiger partial charge on any atom is -0.508 e. The maximum atomic E-state index is 9.44. The molecule has 0 atom stereocenters. The molecule has 1 aromatic heterocycles. The summed E-state index contributed by atoms with van der Waals surface area (Å²) >= 11 is 0. The third kappa shape index (κ3) is 2.13. The second-order valence-electron chi connectivity index (χ2n) is 4.06. The van der Waals surface area contributed by atoms with E-state index in [0.29, 0.717) is 28.5 Å². The Kier molecular flexibility index (Phi) is 2.64. The summed E-state index contributed by atoms with van der Waals surface area (Å²) in [7, 11) is 0. The molecule has 1 heterocycles. The number of phenolic OH excluding ortho intramolecular Hbond substituents is 1. The van der Waals surface area contributed by atoms with Crippen molar-refractivity contribution in [2.75, 3.05) is 5.73 Å². The van der Waals surface area contributed by atoms with Crippen molar-refractivity contribution in [2.24, 2.45) is 0 Å². The van der Waals surface area contributed by atoms with Crippen molar-refractivity contribution in [3.8, 4) is 28.6 Å². The van der Waals surface area contributed by atoms with Crippen LogP contribution in [0.1, 0.15) is 0 Å². The lowest BCUT2D eigenvalue weighted by molar-refractivity contribution is 0.432. The first-order valence-electron chi connectivity index (χ1n) is 5.72. The van der Waals surface area contributed by atoms with Gasteiger partial charge in [-0.05, 0) is 24.3 Å². The van der Waals surface area contributed by atoms with Crippen LogP contribution < -0.4 is 5.73 Å². The van der Waals surface area contributed by atoms with Gasteiger partial charge in [-0.15, -0.1) is 0 Å². The number of phenols is 1. The number of hydrogen-bond acceptors (Lipinski definition) is 5. The van der Waals surface area contributed by atoms with E-state index in [-0.39, 0.29) is 5.75 Å². The van der Waals surface area contributed by atoms with E-state index in [0.717, 1.165) is 0 Å². The number of nitrogen functional groups attached to an aromatic ring is 1. The van der Waals surface area contributed by atoms with Crippen molar-refractivity contribution in [3.63, 3.8) is 0 Å². The smallest absolute Gasteiger partial charge is 0.260 e. The molecule has 3 rings (SSSR count). The van der Waals surface area contributed by atoms with E-state index in [1.165, 1.54) is 0 Å². The van der Waals surface area contributed by atoms with Crippen molar-refractivity contribution in [1.82, 2.24) is 10.1 Å². The van der Waals surface area contributed by atoms with E-state index in [4.69, 9.17) is 10.3 Å². The fraction of sp³-hybridized carbons (Fsp3) is 0. The van der Waals surface area contributed by atoms with Crippen molar-refractivity contribution in [2.45, 2.75) is 0 Å². The largest absolute Gasteiger partial charge is 0.508 e. The number of rotatable bonds is 2. The molecule has 3 N–H and O–H groups in total. The standard InChI is InChI=1S/C14H11N3O2/c15-12-7-2-1-6-11(12)14-16-13(17-19-14)9-4-3-5-10(18)8-9/h1-8,18H,15H2. The van der Waals surface area contributed by atoms with Crippen molar-refractivity contribution in [1.29, 1.82) is 0 Å². The Morgan fingerprint density at radius 1 is 1.05 bits per heavy atom. The van der Waals surface area contributed by atoms with Gasteiger partial charge < -0.3 is 15.4 Å². The molecule has 0 aliphatic carbocycles. The monoisotopic (exact) mass is 253 g/mol. The van der Waals surface area contributed by atoms with Crippen LogP contribution in [0.2, 0.25) is 0 Å². The summed E-state index contributed by atoms with van der Waals surface area (Å²) in [6, 6.07) is 13.9. The van der Waals surface area contributed by atoms with Crippen LogP contribution in [0.4, 0.5) is 5.69 Å². The number of nitrogens with zero attached hydrogens (tertiary/aromatic N) is 2. The Morgan fingerprint density at radius 2 is 1.89 bits per heavy atom. The van der Waals surface area contributed by atoms with E-state index in [1.807, 2.05) is 18.2 Å². The molecule has 0 unspecified atom stereocenters. The van der Waals surface area contributed by atoms with Crippen LogP contribution in [0, 0.1) is 0 Å². The zero-order chi connectivity index (χ0) is 13.2. The fourth-order valence-electron chi connectivity index (χ4n) is 1.79. The van der Waals surface area contributed by atoms with Crippen LogP contribution in [-0.4, -0.2) is 15.2 Å². The predicted molar refractivity (Wildman–Crippen MR) is 71.2 cm³/mol. The topological polar surface area (TPSA) is 85.2 Å². The highest BCUT2D eigenvalue weighted by Crippen LogP contribution is 2.27. The normalized spacial score (nSPS) is 10.5. The molecule has 0 aliphatic rings. The molecule has 0 radical (unpaired) electrons. The van der Waals surface area contributed by atoms with Gasteiger partial charge in [0, 0.05) is 11.3 Å². The minimum atomic E-state index is 0.156. The molecule has 19 heavy (non-hydrogen) atoms. The summed E-state index contributed by atoms with van der Waals surface area (Å²) in [4.78, 5) is 4.28. The molecule has 0 amide bonds. The molecule has 0 bridgehead atoms. The molecule has 0 fully saturated rings. The van der Waals surface area contributed by atoms with Crippen LogP contribution in [0.5, 0.6) is 5.75 Å². The lowest BCUT2D eigenvalue weighted by atomic mass is 10.2. The summed E-state index contributed by atoms with van der Waals surface area (Å²) in [6.07, 6.45) is 0. The number of para-hydroxylation sites is 1. The van der Waals surface area contributed by atoms with Crippen LogP contribution in [0.25, 0.3) is 22.8 Å². The minimum absolute atomic E-state index is 0.156. The van der Waals surface area contributed by atoms with Gasteiger partial charge in [0.05, 0.1) is 5.56 Å². The van der Waals surface area contributed by atoms with Crippen LogP contribution in [0.3, 0.4) is 0 Å². The third-order valence-corrected chi connectivity index (χ3v) is 2.72. The van der Waals surface area contributed by atoms with E-state index in [1.54, 1.807) is 30.3 Å². The van der Waals surface area contributed by atoms with Gasteiger partial charge in [-0.2, -0.15) is 4.98 Å². The molecule has 0 spiro atoms. The summed E-state index contributed by atoms with van der Waals surface area (Å²) in [6.45, 7) is 0. The van der Waals surface area contributed by atoms with Crippen LogP contribution in [0.15, 0.2) is 53.1 Å². The van der Waals surface area contributed by atoms with Gasteiger partial charge in [-0.1, -0.05) is 29.4 Å². The first kappa shape index (κ1) is 11.3. The number of benzene rings is 2. The summed E-state index contributed by atoms with van der Waals surface area (Å²) in [5, 5.41) is 13.3. The molecular formula is C14H11N3O2. The van der Waals surface area contributed by atoms with Gasteiger partial charge in [0.2, 0.25) is 5.82 Å². The van der Waals surface area contributed by atoms with E-state index in [2.05, 4.69) is 10.1 Å². The van der Waals surface area contributed by atoms with Gasteiger partial charge >= 0.3 is 0 Å².